The van der Waals surface area contributed by atoms with Crippen molar-refractivity contribution in [2.24, 2.45) is 0 Å². The van der Waals surface area contributed by atoms with Gasteiger partial charge >= 0.3 is 0 Å². The van der Waals surface area contributed by atoms with E-state index in [0.717, 1.165) is 19.5 Å². The van der Waals surface area contributed by atoms with Crippen LogP contribution in [0, 0.1) is 0 Å². The average molecular weight is 239 g/mol. The SMILES string of the molecule is CC(C)OCC(=O)N1CCc2sccc2C1. The van der Waals surface area contributed by atoms with Crippen molar-refractivity contribution < 1.29 is 9.53 Å². The van der Waals surface area contributed by atoms with Gasteiger partial charge in [0.1, 0.15) is 6.61 Å². The molecule has 0 radical (unpaired) electrons. The molecule has 0 N–H and O–H groups in total. The van der Waals surface area contributed by atoms with Crippen LogP contribution >= 0.6 is 11.3 Å². The highest BCUT2D eigenvalue weighted by Crippen LogP contribution is 2.23. The molecule has 2 rings (SSSR count). The van der Waals surface area contributed by atoms with Crippen LogP contribution in [0.1, 0.15) is 24.3 Å². The number of hydrogen-bond acceptors (Lipinski definition) is 3. The fourth-order valence-corrected chi connectivity index (χ4v) is 2.68. The molecule has 2 heterocycles. The molecule has 1 amide bonds. The highest BCUT2D eigenvalue weighted by Gasteiger charge is 2.21. The highest BCUT2D eigenvalue weighted by atomic mass is 32.1. The van der Waals surface area contributed by atoms with Gasteiger partial charge in [0, 0.05) is 18.0 Å². The number of amides is 1. The first-order valence-corrected chi connectivity index (χ1v) is 6.49. The van der Waals surface area contributed by atoms with Crippen molar-refractivity contribution in [3.63, 3.8) is 0 Å². The number of hydrogen-bond donors (Lipinski definition) is 0. The number of nitrogens with zero attached hydrogens (tertiary/aromatic N) is 1. The predicted octanol–water partition coefficient (Wildman–Crippen LogP) is 2.06. The van der Waals surface area contributed by atoms with E-state index in [1.54, 1.807) is 11.3 Å². The Morgan fingerprint density at radius 3 is 3.19 bits per heavy atom. The van der Waals surface area contributed by atoms with Gasteiger partial charge in [-0.15, -0.1) is 11.3 Å². The maximum absolute atomic E-state index is 11.8. The number of carbonyl (C=O) groups excluding carboxylic acids is 1. The summed E-state index contributed by atoms with van der Waals surface area (Å²) in [6.45, 7) is 5.67. The minimum atomic E-state index is 0.102. The third kappa shape index (κ3) is 2.62. The Balaban J connectivity index is 1.90. The number of thiophene rings is 1. The lowest BCUT2D eigenvalue weighted by molar-refractivity contribution is -0.138. The standard InChI is InChI=1S/C12H17NO2S/c1-9(2)15-8-12(14)13-5-3-11-10(7-13)4-6-16-11/h4,6,9H,3,5,7-8H2,1-2H3. The van der Waals surface area contributed by atoms with Crippen molar-refractivity contribution in [2.75, 3.05) is 13.2 Å². The maximum Gasteiger partial charge on any atom is 0.248 e. The van der Waals surface area contributed by atoms with Crippen LogP contribution in [-0.4, -0.2) is 30.1 Å². The molecule has 0 bridgehead atoms. The fraction of sp³-hybridized carbons (Fsp3) is 0.583. The molecule has 0 spiro atoms. The Bertz CT molecular complexity index is 373. The van der Waals surface area contributed by atoms with Crippen molar-refractivity contribution in [2.45, 2.75) is 32.9 Å². The number of rotatable bonds is 3. The third-order valence-corrected chi connectivity index (χ3v) is 3.72. The highest BCUT2D eigenvalue weighted by molar-refractivity contribution is 7.10. The summed E-state index contributed by atoms with van der Waals surface area (Å²) in [4.78, 5) is 15.1. The summed E-state index contributed by atoms with van der Waals surface area (Å²) in [6, 6.07) is 2.11. The maximum atomic E-state index is 11.8. The summed E-state index contributed by atoms with van der Waals surface area (Å²) in [6.07, 6.45) is 1.10. The Morgan fingerprint density at radius 2 is 2.44 bits per heavy atom. The lowest BCUT2D eigenvalue weighted by Crippen LogP contribution is -2.38. The van der Waals surface area contributed by atoms with Crippen molar-refractivity contribution in [1.29, 1.82) is 0 Å². The zero-order valence-corrected chi connectivity index (χ0v) is 10.5. The Morgan fingerprint density at radius 1 is 1.62 bits per heavy atom. The van der Waals surface area contributed by atoms with Gasteiger partial charge in [-0.25, -0.2) is 0 Å². The molecular weight excluding hydrogens is 222 g/mol. The first-order valence-electron chi connectivity index (χ1n) is 5.61. The van der Waals surface area contributed by atoms with Crippen LogP contribution in [0.5, 0.6) is 0 Å². The van der Waals surface area contributed by atoms with E-state index in [0.29, 0.717) is 0 Å². The fourth-order valence-electron chi connectivity index (χ4n) is 1.79. The monoisotopic (exact) mass is 239 g/mol. The van der Waals surface area contributed by atoms with Gasteiger partial charge in [0.05, 0.1) is 6.10 Å². The van der Waals surface area contributed by atoms with Crippen molar-refractivity contribution in [3.8, 4) is 0 Å². The van der Waals surface area contributed by atoms with E-state index in [2.05, 4.69) is 11.4 Å². The van der Waals surface area contributed by atoms with E-state index in [9.17, 15) is 4.79 Å². The zero-order valence-electron chi connectivity index (χ0n) is 9.73. The summed E-state index contributed by atoms with van der Waals surface area (Å²) in [5.74, 6) is 0.102. The lowest BCUT2D eigenvalue weighted by atomic mass is 10.1. The second kappa shape index (κ2) is 4.97. The number of carbonyl (C=O) groups is 1. The Hall–Kier alpha value is -0.870. The molecule has 0 aliphatic carbocycles. The van der Waals surface area contributed by atoms with Gasteiger partial charge in [-0.3, -0.25) is 4.79 Å². The molecule has 3 nitrogen and oxygen atoms in total. The number of ether oxygens (including phenoxy) is 1. The van der Waals surface area contributed by atoms with Crippen LogP contribution in [0.2, 0.25) is 0 Å². The quantitative estimate of drug-likeness (QED) is 0.808. The van der Waals surface area contributed by atoms with Crippen molar-refractivity contribution in [1.82, 2.24) is 4.90 Å². The van der Waals surface area contributed by atoms with Crippen molar-refractivity contribution in [3.05, 3.63) is 21.9 Å². The summed E-state index contributed by atoms with van der Waals surface area (Å²) in [5, 5.41) is 2.10. The molecule has 0 saturated heterocycles. The van der Waals surface area contributed by atoms with Gasteiger partial charge in [0.2, 0.25) is 5.91 Å². The van der Waals surface area contributed by atoms with Crippen LogP contribution in [-0.2, 0) is 22.5 Å². The second-order valence-electron chi connectivity index (χ2n) is 4.29. The predicted molar refractivity (Wildman–Crippen MR) is 64.5 cm³/mol. The van der Waals surface area contributed by atoms with Gasteiger partial charge in [-0.2, -0.15) is 0 Å². The van der Waals surface area contributed by atoms with Crippen molar-refractivity contribution >= 4 is 17.2 Å². The van der Waals surface area contributed by atoms with Gasteiger partial charge in [0.15, 0.2) is 0 Å². The van der Waals surface area contributed by atoms with Crippen LogP contribution in [0.4, 0.5) is 0 Å². The van der Waals surface area contributed by atoms with Crippen LogP contribution in [0.25, 0.3) is 0 Å². The van der Waals surface area contributed by atoms with Gasteiger partial charge in [-0.05, 0) is 37.3 Å². The van der Waals surface area contributed by atoms with E-state index in [4.69, 9.17) is 4.74 Å². The normalized spacial score (nSPS) is 15.3. The molecule has 1 aliphatic heterocycles. The van der Waals surface area contributed by atoms with E-state index < -0.39 is 0 Å². The van der Waals surface area contributed by atoms with Crippen LogP contribution < -0.4 is 0 Å². The lowest BCUT2D eigenvalue weighted by Gasteiger charge is -2.27. The number of fused-ring (bicyclic) bond motifs is 1. The topological polar surface area (TPSA) is 29.5 Å². The third-order valence-electron chi connectivity index (χ3n) is 2.70. The Labute approximate surface area is 100 Å². The largest absolute Gasteiger partial charge is 0.369 e. The summed E-state index contributed by atoms with van der Waals surface area (Å²) in [7, 11) is 0. The first-order chi connectivity index (χ1) is 7.66. The van der Waals surface area contributed by atoms with Gasteiger partial charge in [-0.1, -0.05) is 0 Å². The van der Waals surface area contributed by atoms with E-state index in [-0.39, 0.29) is 18.6 Å². The minimum Gasteiger partial charge on any atom is -0.369 e. The smallest absolute Gasteiger partial charge is 0.248 e. The van der Waals surface area contributed by atoms with Gasteiger partial charge < -0.3 is 9.64 Å². The summed E-state index contributed by atoms with van der Waals surface area (Å²) >= 11 is 1.79. The molecule has 88 valence electrons. The molecule has 0 unspecified atom stereocenters. The Kier molecular flexibility index (Phi) is 3.61. The molecular formula is C12H17NO2S. The first kappa shape index (κ1) is 11.6. The summed E-state index contributed by atoms with van der Waals surface area (Å²) < 4.78 is 5.34. The minimum absolute atomic E-state index is 0.102. The van der Waals surface area contributed by atoms with Crippen LogP contribution in [0.15, 0.2) is 11.4 Å². The average Bonchev–Trinajstić information content (AvgIpc) is 2.72. The van der Waals surface area contributed by atoms with Crippen LogP contribution in [0.3, 0.4) is 0 Å². The molecule has 1 aromatic rings. The molecule has 0 fully saturated rings. The molecule has 0 atom stereocenters. The summed E-state index contributed by atoms with van der Waals surface area (Å²) in [5.41, 5.74) is 1.30. The second-order valence-corrected chi connectivity index (χ2v) is 5.29. The molecule has 0 aromatic carbocycles. The zero-order chi connectivity index (χ0) is 11.5. The molecule has 16 heavy (non-hydrogen) atoms. The van der Waals surface area contributed by atoms with E-state index in [1.165, 1.54) is 10.4 Å². The molecule has 1 aliphatic rings. The van der Waals surface area contributed by atoms with E-state index >= 15 is 0 Å². The molecule has 1 aromatic heterocycles. The molecule has 4 heteroatoms. The van der Waals surface area contributed by atoms with E-state index in [1.807, 2.05) is 18.7 Å². The molecule has 0 saturated carbocycles. The van der Waals surface area contributed by atoms with Gasteiger partial charge in [0.25, 0.3) is 0 Å².